The molecule has 2 aromatic carbocycles. The van der Waals surface area contributed by atoms with Gasteiger partial charge in [-0.1, -0.05) is 41.6 Å². The Morgan fingerprint density at radius 3 is 2.47 bits per heavy atom. The second-order valence-corrected chi connectivity index (χ2v) is 9.80. The molecule has 30 heavy (non-hydrogen) atoms. The Kier molecular flexibility index (Phi) is 7.14. The van der Waals surface area contributed by atoms with Crippen LogP contribution in [0.25, 0.3) is 0 Å². The van der Waals surface area contributed by atoms with Crippen LogP contribution in [0.1, 0.15) is 5.82 Å². The van der Waals surface area contributed by atoms with Crippen LogP contribution in [0, 0.1) is 0 Å². The molecule has 0 spiro atoms. The number of nitrogens with zero attached hydrogens (tertiary/aromatic N) is 4. The lowest BCUT2D eigenvalue weighted by atomic mass is 10.3. The van der Waals surface area contributed by atoms with Gasteiger partial charge in [0, 0.05) is 24.8 Å². The number of thioether (sulfide) groups is 1. The van der Waals surface area contributed by atoms with E-state index in [9.17, 15) is 13.2 Å². The van der Waals surface area contributed by atoms with Crippen molar-refractivity contribution in [2.45, 2.75) is 16.6 Å². The minimum Gasteiger partial charge on any atom is -0.325 e. The zero-order chi connectivity index (χ0) is 21.7. The fraction of sp³-hybridized carbons (Fsp3) is 0.211. The number of benzene rings is 2. The molecule has 0 atom stereocenters. The summed E-state index contributed by atoms with van der Waals surface area (Å²) in [6.07, 6.45) is 0. The van der Waals surface area contributed by atoms with Crippen LogP contribution in [0.4, 0.5) is 5.69 Å². The Balaban J connectivity index is 1.60. The maximum Gasteiger partial charge on any atom is 0.243 e. The van der Waals surface area contributed by atoms with Crippen LogP contribution in [-0.2, 0) is 28.4 Å². The van der Waals surface area contributed by atoms with Gasteiger partial charge in [0.1, 0.15) is 5.82 Å². The lowest BCUT2D eigenvalue weighted by Gasteiger charge is -2.16. The fourth-order valence-corrected chi connectivity index (χ4v) is 4.53. The van der Waals surface area contributed by atoms with Crippen LogP contribution in [0.3, 0.4) is 0 Å². The van der Waals surface area contributed by atoms with Crippen LogP contribution in [0.15, 0.2) is 64.6 Å². The SMILES string of the molecule is CN(Cc1nnc(SCC(=O)Nc2ccc(Cl)cc2)n1C)S(=O)(=O)c1ccccc1. The molecule has 158 valence electrons. The highest BCUT2D eigenvalue weighted by Crippen LogP contribution is 2.20. The largest absolute Gasteiger partial charge is 0.325 e. The number of nitrogens with one attached hydrogen (secondary N) is 1. The molecule has 0 bridgehead atoms. The van der Waals surface area contributed by atoms with Crippen molar-refractivity contribution in [1.82, 2.24) is 19.1 Å². The van der Waals surface area contributed by atoms with E-state index in [2.05, 4.69) is 15.5 Å². The number of amides is 1. The maximum absolute atomic E-state index is 12.7. The Labute approximate surface area is 184 Å². The van der Waals surface area contributed by atoms with Gasteiger partial charge in [-0.15, -0.1) is 10.2 Å². The van der Waals surface area contributed by atoms with Gasteiger partial charge in [0.2, 0.25) is 15.9 Å². The number of sulfonamides is 1. The van der Waals surface area contributed by atoms with E-state index in [-0.39, 0.29) is 23.1 Å². The van der Waals surface area contributed by atoms with E-state index in [0.717, 1.165) is 0 Å². The van der Waals surface area contributed by atoms with Crippen molar-refractivity contribution < 1.29 is 13.2 Å². The minimum absolute atomic E-state index is 0.0538. The van der Waals surface area contributed by atoms with Gasteiger partial charge in [0.05, 0.1) is 17.2 Å². The standard InChI is InChI=1S/C19H20ClN5O3S2/c1-24(30(27,28)16-6-4-3-5-7-16)12-17-22-23-19(25(17)2)29-13-18(26)21-15-10-8-14(20)9-11-15/h3-11H,12-13H2,1-2H3,(H,21,26). The van der Waals surface area contributed by atoms with E-state index in [1.54, 1.807) is 66.2 Å². The number of hydrogen-bond donors (Lipinski definition) is 1. The monoisotopic (exact) mass is 465 g/mol. The zero-order valence-electron chi connectivity index (χ0n) is 16.3. The molecule has 0 saturated heterocycles. The number of aromatic nitrogens is 3. The first kappa shape index (κ1) is 22.3. The van der Waals surface area contributed by atoms with Crippen LogP contribution in [-0.4, -0.2) is 46.2 Å². The van der Waals surface area contributed by atoms with Gasteiger partial charge in [-0.3, -0.25) is 4.79 Å². The molecule has 0 radical (unpaired) electrons. The molecule has 0 aliphatic rings. The first-order valence-electron chi connectivity index (χ1n) is 8.85. The van der Waals surface area contributed by atoms with E-state index in [1.165, 1.54) is 23.1 Å². The molecule has 1 N–H and O–H groups in total. The molecule has 1 heterocycles. The Hall–Kier alpha value is -2.40. The molecule has 0 fully saturated rings. The smallest absolute Gasteiger partial charge is 0.243 e. The molecule has 1 amide bonds. The maximum atomic E-state index is 12.7. The number of hydrogen-bond acceptors (Lipinski definition) is 6. The molecule has 3 aromatic rings. The lowest BCUT2D eigenvalue weighted by Crippen LogP contribution is -2.27. The summed E-state index contributed by atoms with van der Waals surface area (Å²) in [5.74, 6) is 0.403. The number of carbonyl (C=O) groups excluding carboxylic acids is 1. The molecule has 11 heteroatoms. The van der Waals surface area contributed by atoms with Gasteiger partial charge in [-0.25, -0.2) is 8.42 Å². The average Bonchev–Trinajstić information content (AvgIpc) is 3.08. The van der Waals surface area contributed by atoms with Gasteiger partial charge in [0.15, 0.2) is 5.16 Å². The van der Waals surface area contributed by atoms with Crippen LogP contribution < -0.4 is 5.32 Å². The normalized spacial score (nSPS) is 11.6. The third-order valence-electron chi connectivity index (χ3n) is 4.20. The summed E-state index contributed by atoms with van der Waals surface area (Å²) in [5.41, 5.74) is 0.649. The number of carbonyl (C=O) groups is 1. The zero-order valence-corrected chi connectivity index (χ0v) is 18.7. The van der Waals surface area contributed by atoms with Gasteiger partial charge in [0.25, 0.3) is 0 Å². The molecule has 0 aliphatic carbocycles. The average molecular weight is 466 g/mol. The van der Waals surface area contributed by atoms with Crippen LogP contribution in [0.5, 0.6) is 0 Å². The highest BCUT2D eigenvalue weighted by Gasteiger charge is 2.23. The third kappa shape index (κ3) is 5.39. The van der Waals surface area contributed by atoms with Crippen molar-refractivity contribution in [3.05, 3.63) is 65.4 Å². The van der Waals surface area contributed by atoms with Crippen molar-refractivity contribution in [1.29, 1.82) is 0 Å². The molecular weight excluding hydrogens is 446 g/mol. The molecule has 0 aliphatic heterocycles. The van der Waals surface area contributed by atoms with Crippen molar-refractivity contribution in [3.63, 3.8) is 0 Å². The van der Waals surface area contributed by atoms with Crippen molar-refractivity contribution >= 4 is 45.0 Å². The highest BCUT2D eigenvalue weighted by molar-refractivity contribution is 7.99. The second kappa shape index (κ2) is 9.61. The van der Waals surface area contributed by atoms with E-state index in [4.69, 9.17) is 11.6 Å². The van der Waals surface area contributed by atoms with Gasteiger partial charge in [-0.2, -0.15) is 4.31 Å². The Bertz CT molecular complexity index is 1120. The summed E-state index contributed by atoms with van der Waals surface area (Å²) in [6.45, 7) is 0.0538. The molecule has 0 saturated carbocycles. The molecule has 8 nitrogen and oxygen atoms in total. The summed E-state index contributed by atoms with van der Waals surface area (Å²) in [5, 5.41) is 12.0. The van der Waals surface area contributed by atoms with E-state index >= 15 is 0 Å². The first-order valence-corrected chi connectivity index (χ1v) is 11.7. The summed E-state index contributed by atoms with van der Waals surface area (Å²) < 4.78 is 28.2. The third-order valence-corrected chi connectivity index (χ3v) is 7.29. The van der Waals surface area contributed by atoms with Gasteiger partial charge < -0.3 is 9.88 Å². The quantitative estimate of drug-likeness (QED) is 0.513. The minimum atomic E-state index is -3.64. The van der Waals surface area contributed by atoms with Gasteiger partial charge in [-0.05, 0) is 36.4 Å². The van der Waals surface area contributed by atoms with E-state index in [0.29, 0.717) is 21.7 Å². The van der Waals surface area contributed by atoms with Gasteiger partial charge >= 0.3 is 0 Å². The van der Waals surface area contributed by atoms with Crippen molar-refractivity contribution in [2.24, 2.45) is 7.05 Å². The summed E-state index contributed by atoms with van der Waals surface area (Å²) in [4.78, 5) is 12.4. The highest BCUT2D eigenvalue weighted by atomic mass is 35.5. The molecule has 0 unspecified atom stereocenters. The fourth-order valence-electron chi connectivity index (χ4n) is 2.53. The number of anilines is 1. The number of halogens is 1. The van der Waals surface area contributed by atoms with Crippen LogP contribution >= 0.6 is 23.4 Å². The van der Waals surface area contributed by atoms with E-state index in [1.807, 2.05) is 0 Å². The van der Waals surface area contributed by atoms with Crippen molar-refractivity contribution in [2.75, 3.05) is 18.1 Å². The summed E-state index contributed by atoms with van der Waals surface area (Å²) in [7, 11) is -0.413. The number of rotatable bonds is 8. The summed E-state index contributed by atoms with van der Waals surface area (Å²) in [6, 6.07) is 15.0. The van der Waals surface area contributed by atoms with Crippen molar-refractivity contribution in [3.8, 4) is 0 Å². The second-order valence-electron chi connectivity index (χ2n) is 6.38. The Morgan fingerprint density at radius 1 is 1.13 bits per heavy atom. The van der Waals surface area contributed by atoms with Crippen LogP contribution in [0.2, 0.25) is 5.02 Å². The molecule has 1 aromatic heterocycles. The first-order chi connectivity index (χ1) is 14.3. The predicted molar refractivity (Wildman–Crippen MR) is 117 cm³/mol. The summed E-state index contributed by atoms with van der Waals surface area (Å²) >= 11 is 7.04. The molecular formula is C19H20ClN5O3S2. The lowest BCUT2D eigenvalue weighted by molar-refractivity contribution is -0.113. The van der Waals surface area contributed by atoms with E-state index < -0.39 is 10.0 Å². The molecule has 3 rings (SSSR count). The Morgan fingerprint density at radius 2 is 1.80 bits per heavy atom. The topological polar surface area (TPSA) is 97.2 Å². The predicted octanol–water partition coefficient (Wildman–Crippen LogP) is 3.02.